The van der Waals surface area contributed by atoms with Crippen molar-refractivity contribution in [2.75, 3.05) is 6.79 Å². The number of rotatable bonds is 7. The third-order valence-corrected chi connectivity index (χ3v) is 5.18. The standard InChI is InChI=1S/C26H26N2O4/c1-17(2)22-10-4-18(3)12-24(22)30-15-19-5-8-21(9-6-19)26(29)28-27-14-20-7-11-23-25(13-20)32-16-31-23/h4-14,17H,15-16H2,1-3H3,(H,28,29). The quantitative estimate of drug-likeness (QED) is 0.414. The summed E-state index contributed by atoms with van der Waals surface area (Å²) >= 11 is 0. The Hall–Kier alpha value is -3.80. The lowest BCUT2D eigenvalue weighted by molar-refractivity contribution is 0.0955. The summed E-state index contributed by atoms with van der Waals surface area (Å²) in [6.45, 7) is 7.02. The van der Waals surface area contributed by atoms with Crippen LogP contribution in [0.3, 0.4) is 0 Å². The Kier molecular flexibility index (Phi) is 6.40. The van der Waals surface area contributed by atoms with Gasteiger partial charge in [0.1, 0.15) is 12.4 Å². The van der Waals surface area contributed by atoms with Gasteiger partial charge in [0, 0.05) is 5.56 Å². The van der Waals surface area contributed by atoms with Crippen LogP contribution in [0.1, 0.15) is 52.4 Å². The Morgan fingerprint density at radius 3 is 2.62 bits per heavy atom. The fourth-order valence-electron chi connectivity index (χ4n) is 3.38. The van der Waals surface area contributed by atoms with Gasteiger partial charge < -0.3 is 14.2 Å². The minimum atomic E-state index is -0.282. The Morgan fingerprint density at radius 2 is 1.84 bits per heavy atom. The third-order valence-electron chi connectivity index (χ3n) is 5.18. The summed E-state index contributed by atoms with van der Waals surface area (Å²) in [6, 6.07) is 19.1. The van der Waals surface area contributed by atoms with Crippen molar-refractivity contribution >= 4 is 12.1 Å². The molecule has 0 saturated carbocycles. The van der Waals surface area contributed by atoms with Gasteiger partial charge in [-0.15, -0.1) is 0 Å². The molecule has 3 aromatic rings. The maximum atomic E-state index is 12.4. The molecule has 6 heteroatoms. The van der Waals surface area contributed by atoms with Crippen molar-refractivity contribution < 1.29 is 19.0 Å². The molecular weight excluding hydrogens is 404 g/mol. The van der Waals surface area contributed by atoms with Gasteiger partial charge in [-0.3, -0.25) is 4.79 Å². The van der Waals surface area contributed by atoms with Crippen LogP contribution >= 0.6 is 0 Å². The third kappa shape index (κ3) is 5.09. The molecule has 6 nitrogen and oxygen atoms in total. The predicted octanol–water partition coefficient (Wildman–Crippen LogP) is 5.19. The second-order valence-corrected chi connectivity index (χ2v) is 7.99. The molecular formula is C26H26N2O4. The predicted molar refractivity (Wildman–Crippen MR) is 124 cm³/mol. The minimum Gasteiger partial charge on any atom is -0.489 e. The number of hydrazone groups is 1. The van der Waals surface area contributed by atoms with Gasteiger partial charge in [-0.05, 0) is 71.5 Å². The number of nitrogens with zero attached hydrogens (tertiary/aromatic N) is 1. The van der Waals surface area contributed by atoms with Crippen molar-refractivity contribution in [3.05, 3.63) is 88.5 Å². The monoisotopic (exact) mass is 430 g/mol. The normalized spacial score (nSPS) is 12.4. The van der Waals surface area contributed by atoms with E-state index < -0.39 is 0 Å². The molecule has 0 unspecified atom stereocenters. The van der Waals surface area contributed by atoms with Crippen molar-refractivity contribution in [2.45, 2.75) is 33.3 Å². The van der Waals surface area contributed by atoms with Crippen molar-refractivity contribution in [1.29, 1.82) is 0 Å². The first-order valence-corrected chi connectivity index (χ1v) is 10.5. The molecule has 1 aliphatic rings. The van der Waals surface area contributed by atoms with Crippen LogP contribution in [0.15, 0.2) is 65.8 Å². The molecule has 1 amide bonds. The summed E-state index contributed by atoms with van der Waals surface area (Å²) in [5, 5.41) is 4.03. The first kappa shape index (κ1) is 21.4. The van der Waals surface area contributed by atoms with Crippen LogP contribution in [-0.4, -0.2) is 18.9 Å². The van der Waals surface area contributed by atoms with Gasteiger partial charge in [-0.1, -0.05) is 38.1 Å². The van der Waals surface area contributed by atoms with Gasteiger partial charge in [-0.25, -0.2) is 5.43 Å². The summed E-state index contributed by atoms with van der Waals surface area (Å²) in [6.07, 6.45) is 1.57. The van der Waals surface area contributed by atoms with Crippen LogP contribution in [0, 0.1) is 6.92 Å². The second kappa shape index (κ2) is 9.56. The lowest BCUT2D eigenvalue weighted by Crippen LogP contribution is -2.17. The number of aryl methyl sites for hydroxylation is 1. The number of nitrogens with one attached hydrogen (secondary N) is 1. The van der Waals surface area contributed by atoms with Crippen LogP contribution in [0.4, 0.5) is 0 Å². The second-order valence-electron chi connectivity index (χ2n) is 7.99. The first-order chi connectivity index (χ1) is 15.5. The Labute approximate surface area is 187 Å². The maximum Gasteiger partial charge on any atom is 0.271 e. The smallest absolute Gasteiger partial charge is 0.271 e. The molecule has 0 radical (unpaired) electrons. The highest BCUT2D eigenvalue weighted by Gasteiger charge is 2.13. The van der Waals surface area contributed by atoms with E-state index in [1.807, 2.05) is 30.3 Å². The minimum absolute atomic E-state index is 0.220. The summed E-state index contributed by atoms with van der Waals surface area (Å²) in [5.74, 6) is 2.38. The number of fused-ring (bicyclic) bond motifs is 1. The van der Waals surface area contributed by atoms with E-state index in [-0.39, 0.29) is 12.7 Å². The molecule has 0 aromatic heterocycles. The molecule has 0 spiro atoms. The van der Waals surface area contributed by atoms with E-state index in [2.05, 4.69) is 49.5 Å². The fraction of sp³-hybridized carbons (Fsp3) is 0.231. The Bertz CT molecular complexity index is 1140. The van der Waals surface area contributed by atoms with Crippen molar-refractivity contribution in [1.82, 2.24) is 5.43 Å². The first-order valence-electron chi connectivity index (χ1n) is 10.5. The van der Waals surface area contributed by atoms with E-state index in [9.17, 15) is 4.79 Å². The summed E-state index contributed by atoms with van der Waals surface area (Å²) in [5.41, 5.74) is 7.21. The average molecular weight is 431 g/mol. The SMILES string of the molecule is Cc1ccc(C(C)C)c(OCc2ccc(C(=O)NN=Cc3ccc4c(c3)OCO4)cc2)c1. The summed E-state index contributed by atoms with van der Waals surface area (Å²) in [4.78, 5) is 12.4. The number of ether oxygens (including phenoxy) is 3. The van der Waals surface area contributed by atoms with E-state index in [1.165, 1.54) is 5.56 Å². The van der Waals surface area contributed by atoms with Crippen molar-refractivity contribution in [3.8, 4) is 17.2 Å². The molecule has 0 atom stereocenters. The van der Waals surface area contributed by atoms with Crippen molar-refractivity contribution in [2.24, 2.45) is 5.10 Å². The lowest BCUT2D eigenvalue weighted by Gasteiger charge is -2.15. The number of hydrogen-bond donors (Lipinski definition) is 1. The topological polar surface area (TPSA) is 69.2 Å². The molecule has 0 aliphatic carbocycles. The van der Waals surface area contributed by atoms with Crippen LogP contribution < -0.4 is 19.6 Å². The molecule has 4 rings (SSSR count). The number of benzene rings is 3. The maximum absolute atomic E-state index is 12.4. The van der Waals surface area contributed by atoms with Gasteiger partial charge in [0.05, 0.1) is 6.21 Å². The highest BCUT2D eigenvalue weighted by molar-refractivity contribution is 5.95. The lowest BCUT2D eigenvalue weighted by atomic mass is 10.0. The molecule has 1 heterocycles. The number of amides is 1. The van der Waals surface area contributed by atoms with E-state index in [0.717, 1.165) is 22.4 Å². The molecule has 32 heavy (non-hydrogen) atoms. The zero-order valence-electron chi connectivity index (χ0n) is 18.4. The largest absolute Gasteiger partial charge is 0.489 e. The molecule has 0 fully saturated rings. The van der Waals surface area contributed by atoms with Crippen LogP contribution in [0.25, 0.3) is 0 Å². The molecule has 0 bridgehead atoms. The highest BCUT2D eigenvalue weighted by atomic mass is 16.7. The summed E-state index contributed by atoms with van der Waals surface area (Å²) in [7, 11) is 0. The van der Waals surface area contributed by atoms with Gasteiger partial charge >= 0.3 is 0 Å². The number of carbonyl (C=O) groups excluding carboxylic acids is 1. The molecule has 0 saturated heterocycles. The molecule has 164 valence electrons. The molecule has 1 aliphatic heterocycles. The number of carbonyl (C=O) groups is 1. The van der Waals surface area contributed by atoms with Crippen LogP contribution in [-0.2, 0) is 6.61 Å². The zero-order chi connectivity index (χ0) is 22.5. The Morgan fingerprint density at radius 1 is 1.06 bits per heavy atom. The van der Waals surface area contributed by atoms with E-state index >= 15 is 0 Å². The Balaban J connectivity index is 1.33. The van der Waals surface area contributed by atoms with Gasteiger partial charge in [0.2, 0.25) is 6.79 Å². The van der Waals surface area contributed by atoms with Gasteiger partial charge in [0.15, 0.2) is 11.5 Å². The fourth-order valence-corrected chi connectivity index (χ4v) is 3.38. The summed E-state index contributed by atoms with van der Waals surface area (Å²) < 4.78 is 16.7. The van der Waals surface area contributed by atoms with Crippen LogP contribution in [0.2, 0.25) is 0 Å². The molecule has 3 aromatic carbocycles. The highest BCUT2D eigenvalue weighted by Crippen LogP contribution is 2.32. The van der Waals surface area contributed by atoms with Gasteiger partial charge in [-0.2, -0.15) is 5.10 Å². The van der Waals surface area contributed by atoms with E-state index in [1.54, 1.807) is 18.3 Å². The van der Waals surface area contributed by atoms with Gasteiger partial charge in [0.25, 0.3) is 5.91 Å². The van der Waals surface area contributed by atoms with E-state index in [4.69, 9.17) is 14.2 Å². The van der Waals surface area contributed by atoms with Crippen molar-refractivity contribution in [3.63, 3.8) is 0 Å². The molecule has 1 N–H and O–H groups in total. The zero-order valence-corrected chi connectivity index (χ0v) is 18.4. The number of hydrogen-bond acceptors (Lipinski definition) is 5. The van der Waals surface area contributed by atoms with E-state index in [0.29, 0.717) is 29.6 Å². The average Bonchev–Trinajstić information content (AvgIpc) is 3.26. The van der Waals surface area contributed by atoms with Crippen LogP contribution in [0.5, 0.6) is 17.2 Å².